The number of hydrogen-bond acceptors (Lipinski definition) is 2. The van der Waals surface area contributed by atoms with Gasteiger partial charge in [0.1, 0.15) is 0 Å². The Morgan fingerprint density at radius 3 is 2.47 bits per heavy atom. The highest BCUT2D eigenvalue weighted by molar-refractivity contribution is 7.89. The van der Waals surface area contributed by atoms with E-state index in [4.69, 9.17) is 5.14 Å². The average Bonchev–Trinajstić information content (AvgIpc) is 2.25. The Morgan fingerprint density at radius 1 is 1.41 bits per heavy atom. The number of aryl methyl sites for hydroxylation is 1. The lowest BCUT2D eigenvalue weighted by Gasteiger charge is -2.23. The number of benzene rings is 1. The number of sulfonamides is 1. The van der Waals surface area contributed by atoms with Crippen LogP contribution in [-0.2, 0) is 10.0 Å². The van der Waals surface area contributed by atoms with Crippen molar-refractivity contribution in [1.82, 2.24) is 0 Å². The third-order valence-electron chi connectivity index (χ3n) is 3.09. The summed E-state index contributed by atoms with van der Waals surface area (Å²) in [5.41, 5.74) is 2.10. The minimum Gasteiger partial charge on any atom is -0.228 e. The van der Waals surface area contributed by atoms with Crippen molar-refractivity contribution < 1.29 is 8.42 Å². The van der Waals surface area contributed by atoms with Gasteiger partial charge in [-0.15, -0.1) is 6.58 Å². The van der Waals surface area contributed by atoms with E-state index < -0.39 is 15.3 Å². The van der Waals surface area contributed by atoms with Gasteiger partial charge in [-0.1, -0.05) is 30.3 Å². The number of primary sulfonamides is 1. The van der Waals surface area contributed by atoms with Gasteiger partial charge >= 0.3 is 0 Å². The fourth-order valence-corrected chi connectivity index (χ4v) is 2.70. The molecule has 0 aliphatic heterocycles. The Balaban J connectivity index is 3.19. The molecule has 2 N–H and O–H groups in total. The summed E-state index contributed by atoms with van der Waals surface area (Å²) in [4.78, 5) is 0. The van der Waals surface area contributed by atoms with E-state index >= 15 is 0 Å². The van der Waals surface area contributed by atoms with Crippen LogP contribution in [0.5, 0.6) is 0 Å². The maximum atomic E-state index is 11.5. The van der Waals surface area contributed by atoms with E-state index in [1.165, 1.54) is 0 Å². The van der Waals surface area contributed by atoms with Gasteiger partial charge in [0.2, 0.25) is 10.0 Å². The van der Waals surface area contributed by atoms with Gasteiger partial charge in [-0.25, -0.2) is 13.6 Å². The smallest absolute Gasteiger partial charge is 0.212 e. The molecule has 3 nitrogen and oxygen atoms in total. The number of allylic oxidation sites excluding steroid dienone is 1. The fraction of sp³-hybridized carbons (Fsp3) is 0.385. The summed E-state index contributed by atoms with van der Waals surface area (Å²) in [5, 5.41) is 4.63. The molecule has 0 radical (unpaired) electrons. The molecule has 17 heavy (non-hydrogen) atoms. The first-order chi connectivity index (χ1) is 7.88. The molecule has 4 heteroatoms. The largest absolute Gasteiger partial charge is 0.228 e. The van der Waals surface area contributed by atoms with E-state index in [0.717, 1.165) is 11.1 Å². The fourth-order valence-electron chi connectivity index (χ4n) is 1.98. The molecule has 0 aliphatic carbocycles. The normalized spacial score (nSPS) is 15.2. The third-order valence-corrected chi connectivity index (χ3v) is 4.46. The van der Waals surface area contributed by atoms with Crippen molar-refractivity contribution in [3.8, 4) is 0 Å². The topological polar surface area (TPSA) is 60.2 Å². The second-order valence-corrected chi connectivity index (χ2v) is 6.20. The van der Waals surface area contributed by atoms with Crippen LogP contribution < -0.4 is 5.14 Å². The van der Waals surface area contributed by atoms with Crippen LogP contribution in [0.25, 0.3) is 0 Å². The van der Waals surface area contributed by atoms with E-state index in [1.54, 1.807) is 13.0 Å². The Labute approximate surface area is 103 Å². The molecule has 1 rings (SSSR count). The zero-order valence-electron chi connectivity index (χ0n) is 10.3. The Morgan fingerprint density at radius 2 is 2.00 bits per heavy atom. The highest BCUT2D eigenvalue weighted by Gasteiger charge is 2.27. The molecule has 0 aromatic heterocycles. The molecule has 94 valence electrons. The van der Waals surface area contributed by atoms with Gasteiger partial charge in [-0.05, 0) is 31.4 Å². The first kappa shape index (κ1) is 13.9. The van der Waals surface area contributed by atoms with Crippen molar-refractivity contribution in [2.24, 2.45) is 5.14 Å². The average molecular weight is 253 g/mol. The van der Waals surface area contributed by atoms with E-state index in [1.807, 2.05) is 31.2 Å². The zero-order chi connectivity index (χ0) is 13.1. The van der Waals surface area contributed by atoms with Crippen molar-refractivity contribution in [3.63, 3.8) is 0 Å². The molecule has 0 bridgehead atoms. The summed E-state index contributed by atoms with van der Waals surface area (Å²) in [7, 11) is -3.54. The van der Waals surface area contributed by atoms with Gasteiger partial charge in [0.25, 0.3) is 0 Å². The van der Waals surface area contributed by atoms with Crippen LogP contribution in [0.1, 0.15) is 30.4 Å². The molecule has 0 fully saturated rings. The third kappa shape index (κ3) is 3.41. The van der Waals surface area contributed by atoms with Crippen LogP contribution in [0, 0.1) is 6.92 Å². The van der Waals surface area contributed by atoms with Crippen LogP contribution in [0.2, 0.25) is 0 Å². The minimum absolute atomic E-state index is 0.135. The standard InChI is InChI=1S/C13H19NO2S/c1-4-7-13(11(3)17(14,15)16)12-9-6-5-8-10(12)2/h4-6,8-9,11,13H,1,7H2,2-3H3,(H2,14,15,16)/t11-,13-/m1/s1. The quantitative estimate of drug-likeness (QED) is 0.819. The molecule has 0 aliphatic rings. The summed E-state index contributed by atoms with van der Waals surface area (Å²) in [6.45, 7) is 7.31. The maximum Gasteiger partial charge on any atom is 0.212 e. The summed E-state index contributed by atoms with van der Waals surface area (Å²) in [5.74, 6) is -0.135. The lowest BCUT2D eigenvalue weighted by molar-refractivity contribution is 0.562. The van der Waals surface area contributed by atoms with E-state index in [-0.39, 0.29) is 5.92 Å². The van der Waals surface area contributed by atoms with E-state index in [0.29, 0.717) is 6.42 Å². The van der Waals surface area contributed by atoms with Crippen molar-refractivity contribution >= 4 is 10.0 Å². The predicted octanol–water partition coefficient (Wildman–Crippen LogP) is 2.33. The van der Waals surface area contributed by atoms with Crippen molar-refractivity contribution in [2.45, 2.75) is 31.4 Å². The number of hydrogen-bond donors (Lipinski definition) is 1. The minimum atomic E-state index is -3.54. The Kier molecular flexibility index (Phi) is 4.48. The molecule has 0 spiro atoms. The van der Waals surface area contributed by atoms with Crippen LogP contribution in [0.3, 0.4) is 0 Å². The summed E-state index contributed by atoms with van der Waals surface area (Å²) in [6, 6.07) is 7.77. The second kappa shape index (κ2) is 5.47. The summed E-state index contributed by atoms with van der Waals surface area (Å²) < 4.78 is 23.0. The maximum absolute atomic E-state index is 11.5. The van der Waals surface area contributed by atoms with Gasteiger partial charge in [0.05, 0.1) is 5.25 Å². The van der Waals surface area contributed by atoms with Crippen LogP contribution in [0.4, 0.5) is 0 Å². The number of nitrogens with two attached hydrogens (primary N) is 1. The molecule has 1 aromatic carbocycles. The predicted molar refractivity (Wildman–Crippen MR) is 71.3 cm³/mol. The van der Waals surface area contributed by atoms with Gasteiger partial charge in [0.15, 0.2) is 0 Å². The molecule has 0 heterocycles. The molecule has 0 saturated carbocycles. The molecule has 1 aromatic rings. The van der Waals surface area contributed by atoms with Gasteiger partial charge in [0, 0.05) is 5.92 Å². The second-order valence-electron chi connectivity index (χ2n) is 4.28. The van der Waals surface area contributed by atoms with Crippen molar-refractivity contribution in [2.75, 3.05) is 0 Å². The summed E-state index contributed by atoms with van der Waals surface area (Å²) >= 11 is 0. The molecular weight excluding hydrogens is 234 g/mol. The Bertz CT molecular complexity index is 494. The van der Waals surface area contributed by atoms with Gasteiger partial charge in [-0.3, -0.25) is 0 Å². The highest BCUT2D eigenvalue weighted by atomic mass is 32.2. The molecule has 0 unspecified atom stereocenters. The molecule has 2 atom stereocenters. The van der Waals surface area contributed by atoms with Crippen molar-refractivity contribution in [3.05, 3.63) is 48.0 Å². The Hall–Kier alpha value is -1.13. The van der Waals surface area contributed by atoms with E-state index in [2.05, 4.69) is 6.58 Å². The van der Waals surface area contributed by atoms with Gasteiger partial charge < -0.3 is 0 Å². The zero-order valence-corrected chi connectivity index (χ0v) is 11.1. The van der Waals surface area contributed by atoms with Crippen molar-refractivity contribution in [1.29, 1.82) is 0 Å². The monoisotopic (exact) mass is 253 g/mol. The first-order valence-corrected chi connectivity index (χ1v) is 7.17. The van der Waals surface area contributed by atoms with Crippen LogP contribution in [0.15, 0.2) is 36.9 Å². The highest BCUT2D eigenvalue weighted by Crippen LogP contribution is 2.29. The van der Waals surface area contributed by atoms with E-state index in [9.17, 15) is 8.42 Å². The van der Waals surface area contributed by atoms with Crippen LogP contribution in [-0.4, -0.2) is 13.7 Å². The first-order valence-electron chi connectivity index (χ1n) is 5.56. The molecular formula is C13H19NO2S. The van der Waals surface area contributed by atoms with Crippen LogP contribution >= 0.6 is 0 Å². The lowest BCUT2D eigenvalue weighted by atomic mass is 9.90. The molecule has 0 saturated heterocycles. The SMILES string of the molecule is C=CC[C@@H](c1ccccc1C)[C@@H](C)S(N)(=O)=O. The summed E-state index contributed by atoms with van der Waals surface area (Å²) in [6.07, 6.45) is 2.33. The number of rotatable bonds is 5. The van der Waals surface area contributed by atoms with Gasteiger partial charge in [-0.2, -0.15) is 0 Å². The lowest BCUT2D eigenvalue weighted by Crippen LogP contribution is -2.31. The molecule has 0 amide bonds.